The lowest BCUT2D eigenvalue weighted by Crippen LogP contribution is -2.60. The van der Waals surface area contributed by atoms with Crippen molar-refractivity contribution < 1.29 is 5.11 Å². The highest BCUT2D eigenvalue weighted by Gasteiger charge is 2.60. The summed E-state index contributed by atoms with van der Waals surface area (Å²) in [5.74, 6) is 1.32. The van der Waals surface area contributed by atoms with Gasteiger partial charge in [0.1, 0.15) is 5.75 Å². The topological polar surface area (TPSA) is 56.7 Å². The Morgan fingerprint density at radius 1 is 1.28 bits per heavy atom. The van der Waals surface area contributed by atoms with Gasteiger partial charge in [0, 0.05) is 16.1 Å². The van der Waals surface area contributed by atoms with Crippen molar-refractivity contribution in [3.8, 4) is 5.75 Å². The molecule has 2 aliphatic rings. The van der Waals surface area contributed by atoms with E-state index in [-0.39, 0.29) is 21.7 Å². The van der Waals surface area contributed by atoms with Crippen LogP contribution in [0.15, 0.2) is 17.2 Å². The van der Waals surface area contributed by atoms with E-state index in [4.69, 9.17) is 35.4 Å². The Morgan fingerprint density at radius 2 is 1.96 bits per heavy atom. The zero-order chi connectivity index (χ0) is 18.4. The van der Waals surface area contributed by atoms with Gasteiger partial charge in [-0.15, -0.1) is 0 Å². The lowest BCUT2D eigenvalue weighted by atomic mass is 9.64. The minimum absolute atomic E-state index is 0.0446. The van der Waals surface area contributed by atoms with E-state index in [9.17, 15) is 5.11 Å². The Balaban J connectivity index is 1.66. The van der Waals surface area contributed by atoms with Crippen LogP contribution in [0.2, 0.25) is 10.0 Å². The van der Waals surface area contributed by atoms with E-state index in [1.165, 1.54) is 31.5 Å². The van der Waals surface area contributed by atoms with E-state index in [0.717, 1.165) is 5.92 Å². The molecular formula is C18H23Cl2N3OS. The van der Waals surface area contributed by atoms with Gasteiger partial charge in [0.2, 0.25) is 0 Å². The molecule has 0 aromatic heterocycles. The number of benzene rings is 1. The number of hydrazone groups is 1. The summed E-state index contributed by atoms with van der Waals surface area (Å²) in [6, 6.07) is 3.07. The van der Waals surface area contributed by atoms with Crippen molar-refractivity contribution in [2.75, 3.05) is 0 Å². The molecule has 0 aliphatic heterocycles. The van der Waals surface area contributed by atoms with Crippen molar-refractivity contribution in [3.05, 3.63) is 27.7 Å². The van der Waals surface area contributed by atoms with E-state index in [1.54, 1.807) is 6.07 Å². The monoisotopic (exact) mass is 399 g/mol. The highest BCUT2D eigenvalue weighted by molar-refractivity contribution is 7.80. The van der Waals surface area contributed by atoms with Gasteiger partial charge in [-0.1, -0.05) is 37.0 Å². The third-order valence-corrected chi connectivity index (χ3v) is 7.11. The second-order valence-corrected chi connectivity index (χ2v) is 9.03. The maximum absolute atomic E-state index is 9.94. The molecule has 7 heteroatoms. The van der Waals surface area contributed by atoms with Crippen LogP contribution in [0.3, 0.4) is 0 Å². The molecule has 3 N–H and O–H groups in total. The second kappa shape index (κ2) is 6.60. The molecule has 2 fully saturated rings. The molecule has 0 unspecified atom stereocenters. The van der Waals surface area contributed by atoms with Crippen LogP contribution in [-0.2, 0) is 0 Å². The SMILES string of the molecule is CC1(C)[C@H]2CC[C@H](C2)[C@@]1(C)NC(=S)N/N=C/c1cc(Cl)cc(Cl)c1O. The lowest BCUT2D eigenvalue weighted by molar-refractivity contribution is 0.0833. The number of nitrogens with one attached hydrogen (secondary N) is 2. The van der Waals surface area contributed by atoms with Crippen LogP contribution < -0.4 is 10.7 Å². The fraction of sp³-hybridized carbons (Fsp3) is 0.556. The van der Waals surface area contributed by atoms with Crippen molar-refractivity contribution in [3.63, 3.8) is 0 Å². The van der Waals surface area contributed by atoms with Crippen LogP contribution >= 0.6 is 35.4 Å². The molecule has 2 saturated carbocycles. The van der Waals surface area contributed by atoms with Crippen molar-refractivity contribution in [2.45, 2.75) is 45.6 Å². The van der Waals surface area contributed by atoms with Crippen molar-refractivity contribution >= 4 is 46.7 Å². The molecule has 25 heavy (non-hydrogen) atoms. The maximum Gasteiger partial charge on any atom is 0.187 e. The molecule has 0 heterocycles. The van der Waals surface area contributed by atoms with Crippen molar-refractivity contribution in [2.24, 2.45) is 22.4 Å². The van der Waals surface area contributed by atoms with Gasteiger partial charge in [-0.25, -0.2) is 0 Å². The highest BCUT2D eigenvalue weighted by Crippen LogP contribution is 2.61. The zero-order valence-electron chi connectivity index (χ0n) is 14.6. The number of halogens is 2. The zero-order valence-corrected chi connectivity index (χ0v) is 16.9. The number of hydrogen-bond acceptors (Lipinski definition) is 3. The summed E-state index contributed by atoms with van der Waals surface area (Å²) in [6.45, 7) is 6.90. The van der Waals surface area contributed by atoms with Gasteiger partial charge in [-0.2, -0.15) is 5.10 Å². The first kappa shape index (κ1) is 18.7. The molecule has 0 amide bonds. The minimum Gasteiger partial charge on any atom is -0.506 e. The van der Waals surface area contributed by atoms with Crippen LogP contribution in [-0.4, -0.2) is 22.0 Å². The summed E-state index contributed by atoms with van der Waals surface area (Å²) in [4.78, 5) is 0. The average molecular weight is 400 g/mol. The second-order valence-electron chi connectivity index (χ2n) is 7.78. The Bertz CT molecular complexity index is 737. The van der Waals surface area contributed by atoms with E-state index in [1.807, 2.05) is 0 Å². The van der Waals surface area contributed by atoms with Crippen LogP contribution in [0.1, 0.15) is 45.6 Å². The summed E-state index contributed by atoms with van der Waals surface area (Å²) in [6.07, 6.45) is 5.27. The molecule has 2 aliphatic carbocycles. The molecule has 0 saturated heterocycles. The van der Waals surface area contributed by atoms with Gasteiger partial charge in [-0.3, -0.25) is 5.43 Å². The van der Waals surface area contributed by atoms with Gasteiger partial charge in [0.05, 0.1) is 11.2 Å². The highest BCUT2D eigenvalue weighted by atomic mass is 35.5. The first-order valence-electron chi connectivity index (χ1n) is 8.44. The Morgan fingerprint density at radius 3 is 2.60 bits per heavy atom. The Hall–Kier alpha value is -1.04. The predicted octanol–water partition coefficient (Wildman–Crippen LogP) is 4.71. The number of hydrogen-bond donors (Lipinski definition) is 3. The van der Waals surface area contributed by atoms with Crippen LogP contribution in [0.4, 0.5) is 0 Å². The first-order chi connectivity index (χ1) is 11.6. The number of thiocarbonyl (C=S) groups is 1. The summed E-state index contributed by atoms with van der Waals surface area (Å²) in [5, 5.41) is 18.6. The number of phenols is 1. The molecule has 2 bridgehead atoms. The average Bonchev–Trinajstić information content (AvgIpc) is 3.07. The largest absolute Gasteiger partial charge is 0.506 e. The normalized spacial score (nSPS) is 30.0. The van der Waals surface area contributed by atoms with Crippen LogP contribution in [0.25, 0.3) is 0 Å². The third-order valence-electron chi connectivity index (χ3n) is 6.41. The van der Waals surface area contributed by atoms with Crippen LogP contribution in [0.5, 0.6) is 5.75 Å². The summed E-state index contributed by atoms with van der Waals surface area (Å²) >= 11 is 17.3. The van der Waals surface area contributed by atoms with Gasteiger partial charge in [0.25, 0.3) is 0 Å². The minimum atomic E-state index is -0.0586. The molecule has 136 valence electrons. The number of rotatable bonds is 3. The fourth-order valence-electron chi connectivity index (χ4n) is 4.48. The van der Waals surface area contributed by atoms with E-state index < -0.39 is 0 Å². The molecule has 4 nitrogen and oxygen atoms in total. The summed E-state index contributed by atoms with van der Waals surface area (Å²) < 4.78 is 0. The molecule has 1 aromatic rings. The molecule has 0 spiro atoms. The summed E-state index contributed by atoms with van der Waals surface area (Å²) in [7, 11) is 0. The van der Waals surface area contributed by atoms with E-state index in [2.05, 4.69) is 36.6 Å². The van der Waals surface area contributed by atoms with E-state index in [0.29, 0.717) is 21.6 Å². The molecule has 3 atom stereocenters. The maximum atomic E-state index is 9.94. The lowest BCUT2D eigenvalue weighted by Gasteiger charge is -2.48. The number of aromatic hydroxyl groups is 1. The molecular weight excluding hydrogens is 377 g/mol. The quantitative estimate of drug-likeness (QED) is 0.391. The smallest absolute Gasteiger partial charge is 0.187 e. The van der Waals surface area contributed by atoms with Crippen molar-refractivity contribution in [1.82, 2.24) is 10.7 Å². The number of nitrogens with zero attached hydrogens (tertiary/aromatic N) is 1. The summed E-state index contributed by atoms with van der Waals surface area (Å²) in [5.41, 5.74) is 3.41. The van der Waals surface area contributed by atoms with Gasteiger partial charge < -0.3 is 10.4 Å². The van der Waals surface area contributed by atoms with Crippen LogP contribution in [0, 0.1) is 17.3 Å². The fourth-order valence-corrected chi connectivity index (χ4v) is 5.26. The van der Waals surface area contributed by atoms with Gasteiger partial charge >= 0.3 is 0 Å². The third kappa shape index (κ3) is 3.22. The number of fused-ring (bicyclic) bond motifs is 2. The Kier molecular flexibility index (Phi) is 4.95. The molecule has 3 rings (SSSR count). The first-order valence-corrected chi connectivity index (χ1v) is 9.61. The van der Waals surface area contributed by atoms with Gasteiger partial charge in [-0.05, 0) is 67.8 Å². The van der Waals surface area contributed by atoms with Crippen molar-refractivity contribution in [1.29, 1.82) is 0 Å². The standard InChI is InChI=1S/C18H23Cl2N3OS/c1-17(2)11-4-5-12(7-11)18(17,3)22-16(25)23-21-9-10-6-13(19)8-14(20)15(10)24/h6,8-9,11-12,24H,4-5,7H2,1-3H3,(H2,22,23,25)/b21-9+/t11-,12+,18+/m0/s1. The van der Waals surface area contributed by atoms with E-state index >= 15 is 0 Å². The molecule has 1 aromatic carbocycles. The predicted molar refractivity (Wildman–Crippen MR) is 108 cm³/mol. The Labute approximate surface area is 164 Å². The van der Waals surface area contributed by atoms with Gasteiger partial charge in [0.15, 0.2) is 5.11 Å². The number of phenolic OH excluding ortho intramolecular Hbond substituents is 1. The molecule has 0 radical (unpaired) electrons.